The summed E-state index contributed by atoms with van der Waals surface area (Å²) in [5, 5.41) is 0. The van der Waals surface area contributed by atoms with Gasteiger partial charge in [-0.2, -0.15) is 0 Å². The highest BCUT2D eigenvalue weighted by atomic mass is 16.2. The van der Waals surface area contributed by atoms with Crippen molar-refractivity contribution in [3.63, 3.8) is 0 Å². The van der Waals surface area contributed by atoms with Crippen LogP contribution in [0.5, 0.6) is 0 Å². The molecule has 6 heteroatoms. The third kappa shape index (κ3) is 3.31. The molecular formula is C20H30N4O2. The quantitative estimate of drug-likeness (QED) is 0.896. The van der Waals surface area contributed by atoms with E-state index in [4.69, 9.17) is 4.98 Å². The molecule has 26 heavy (non-hydrogen) atoms. The standard InChI is InChI=1S/C20H30N4O2/c1-12(2)24-9-6-15-17(11-24)21-18(22-19(15)25)14-4-7-23(8-5-14)20(26)16-10-13(16)3/h12-14,16H,4-11H2,1-3H3,(H,21,22,25)/t13-,16+/m1/s1. The van der Waals surface area contributed by atoms with Crippen LogP contribution in [0, 0.1) is 11.8 Å². The summed E-state index contributed by atoms with van der Waals surface area (Å²) in [6.45, 7) is 9.78. The Bertz CT molecular complexity index is 749. The molecule has 142 valence electrons. The van der Waals surface area contributed by atoms with Crippen molar-refractivity contribution in [3.05, 3.63) is 27.4 Å². The van der Waals surface area contributed by atoms with Crippen LogP contribution in [0.4, 0.5) is 0 Å². The number of aromatic amines is 1. The fraction of sp³-hybridized carbons (Fsp3) is 0.750. The molecule has 6 nitrogen and oxygen atoms in total. The summed E-state index contributed by atoms with van der Waals surface area (Å²) in [5.41, 5.74) is 1.86. The number of piperidine rings is 1. The zero-order valence-corrected chi connectivity index (χ0v) is 16.1. The number of hydrogen-bond acceptors (Lipinski definition) is 4. The Morgan fingerprint density at radius 2 is 1.92 bits per heavy atom. The van der Waals surface area contributed by atoms with Crippen LogP contribution in [0.1, 0.15) is 63.0 Å². The molecule has 1 N–H and O–H groups in total. The summed E-state index contributed by atoms with van der Waals surface area (Å²) >= 11 is 0. The van der Waals surface area contributed by atoms with Crippen LogP contribution in [-0.4, -0.2) is 51.4 Å². The van der Waals surface area contributed by atoms with Gasteiger partial charge in [0.2, 0.25) is 5.91 Å². The summed E-state index contributed by atoms with van der Waals surface area (Å²) in [6.07, 6.45) is 3.61. The summed E-state index contributed by atoms with van der Waals surface area (Å²) in [5.74, 6) is 2.22. The number of nitrogens with zero attached hydrogens (tertiary/aromatic N) is 3. The minimum absolute atomic E-state index is 0.0405. The van der Waals surface area contributed by atoms with Crippen molar-refractivity contribution in [1.82, 2.24) is 19.8 Å². The van der Waals surface area contributed by atoms with Crippen LogP contribution in [0.3, 0.4) is 0 Å². The molecular weight excluding hydrogens is 328 g/mol. The number of aromatic nitrogens is 2. The Kier molecular flexibility index (Phi) is 4.63. The Morgan fingerprint density at radius 3 is 2.54 bits per heavy atom. The lowest BCUT2D eigenvalue weighted by Gasteiger charge is -2.33. The second-order valence-corrected chi connectivity index (χ2v) is 8.61. The van der Waals surface area contributed by atoms with E-state index in [0.29, 0.717) is 17.9 Å². The Hall–Kier alpha value is -1.69. The van der Waals surface area contributed by atoms with Gasteiger partial charge < -0.3 is 9.88 Å². The van der Waals surface area contributed by atoms with Gasteiger partial charge in [-0.15, -0.1) is 0 Å². The van der Waals surface area contributed by atoms with Crippen molar-refractivity contribution in [2.45, 2.75) is 65.0 Å². The Labute approximate surface area is 155 Å². The highest BCUT2D eigenvalue weighted by Gasteiger charge is 2.42. The van der Waals surface area contributed by atoms with Crippen molar-refractivity contribution < 1.29 is 4.79 Å². The largest absolute Gasteiger partial charge is 0.342 e. The van der Waals surface area contributed by atoms with Crippen LogP contribution in [0.15, 0.2) is 4.79 Å². The SMILES string of the molecule is CC(C)N1CCc2c(nc(C3CCN(C(=O)[C@H]4C[C@H]4C)CC3)[nH]c2=O)C1. The van der Waals surface area contributed by atoms with Gasteiger partial charge in [-0.3, -0.25) is 14.5 Å². The minimum atomic E-state index is 0.0405. The number of amides is 1. The molecule has 2 atom stereocenters. The number of likely N-dealkylation sites (tertiary alicyclic amines) is 1. The Morgan fingerprint density at radius 1 is 1.23 bits per heavy atom. The summed E-state index contributed by atoms with van der Waals surface area (Å²) in [4.78, 5) is 37.2. The van der Waals surface area contributed by atoms with Crippen molar-refractivity contribution in [1.29, 1.82) is 0 Å². The number of H-pyrrole nitrogens is 1. The molecule has 1 aliphatic carbocycles. The molecule has 0 unspecified atom stereocenters. The van der Waals surface area contributed by atoms with Gasteiger partial charge in [0.25, 0.3) is 5.56 Å². The van der Waals surface area contributed by atoms with Crippen molar-refractivity contribution >= 4 is 5.91 Å². The maximum atomic E-state index is 12.5. The van der Waals surface area contributed by atoms with Crippen LogP contribution >= 0.6 is 0 Å². The zero-order chi connectivity index (χ0) is 18.4. The average Bonchev–Trinajstić information content (AvgIpc) is 3.37. The van der Waals surface area contributed by atoms with Crippen LogP contribution in [0.25, 0.3) is 0 Å². The van der Waals surface area contributed by atoms with Gasteiger partial charge in [0.15, 0.2) is 0 Å². The van der Waals surface area contributed by atoms with E-state index in [1.54, 1.807) is 0 Å². The fourth-order valence-electron chi connectivity index (χ4n) is 4.39. The lowest BCUT2D eigenvalue weighted by molar-refractivity contribution is -0.133. The van der Waals surface area contributed by atoms with Crippen molar-refractivity contribution in [2.75, 3.05) is 19.6 Å². The first-order chi connectivity index (χ1) is 12.4. The number of carbonyl (C=O) groups is 1. The van der Waals surface area contributed by atoms with Gasteiger partial charge in [-0.1, -0.05) is 6.92 Å². The van der Waals surface area contributed by atoms with E-state index in [9.17, 15) is 9.59 Å². The van der Waals surface area contributed by atoms with E-state index in [-0.39, 0.29) is 17.4 Å². The predicted octanol–water partition coefficient (Wildman–Crippen LogP) is 1.90. The third-order valence-corrected chi connectivity index (χ3v) is 6.47. The predicted molar refractivity (Wildman–Crippen MR) is 99.9 cm³/mol. The number of carbonyl (C=O) groups excluding carboxylic acids is 1. The zero-order valence-electron chi connectivity index (χ0n) is 16.1. The Balaban J connectivity index is 1.46. The van der Waals surface area contributed by atoms with Crippen LogP contribution in [0.2, 0.25) is 0 Å². The van der Waals surface area contributed by atoms with Gasteiger partial charge in [0, 0.05) is 49.6 Å². The molecule has 4 rings (SSSR count). The molecule has 1 aromatic rings. The maximum absolute atomic E-state index is 12.5. The highest BCUT2D eigenvalue weighted by molar-refractivity contribution is 5.81. The lowest BCUT2D eigenvalue weighted by atomic mass is 9.95. The topological polar surface area (TPSA) is 69.3 Å². The summed E-state index contributed by atoms with van der Waals surface area (Å²) < 4.78 is 0. The lowest BCUT2D eigenvalue weighted by Crippen LogP contribution is -2.41. The minimum Gasteiger partial charge on any atom is -0.342 e. The fourth-order valence-corrected chi connectivity index (χ4v) is 4.39. The molecule has 3 aliphatic rings. The normalized spacial score (nSPS) is 26.8. The van der Waals surface area contributed by atoms with Crippen LogP contribution < -0.4 is 5.56 Å². The van der Waals surface area contributed by atoms with E-state index >= 15 is 0 Å². The van der Waals surface area contributed by atoms with Gasteiger partial charge in [-0.05, 0) is 45.4 Å². The van der Waals surface area contributed by atoms with Crippen molar-refractivity contribution in [2.24, 2.45) is 11.8 Å². The van der Waals surface area contributed by atoms with Gasteiger partial charge in [-0.25, -0.2) is 4.98 Å². The first-order valence-corrected chi connectivity index (χ1v) is 10.1. The summed E-state index contributed by atoms with van der Waals surface area (Å²) in [7, 11) is 0. The van der Waals surface area contributed by atoms with E-state index < -0.39 is 0 Å². The molecule has 1 aromatic heterocycles. The van der Waals surface area contributed by atoms with E-state index in [1.807, 2.05) is 4.90 Å². The van der Waals surface area contributed by atoms with E-state index in [1.165, 1.54) is 0 Å². The molecule has 0 aromatic carbocycles. The number of hydrogen-bond donors (Lipinski definition) is 1. The second kappa shape index (κ2) is 6.80. The van der Waals surface area contributed by atoms with E-state index in [2.05, 4.69) is 30.7 Å². The molecule has 0 spiro atoms. The molecule has 0 bridgehead atoms. The van der Waals surface area contributed by atoms with E-state index in [0.717, 1.165) is 68.9 Å². The summed E-state index contributed by atoms with van der Waals surface area (Å²) in [6, 6.07) is 0.465. The smallest absolute Gasteiger partial charge is 0.254 e. The van der Waals surface area contributed by atoms with Gasteiger partial charge >= 0.3 is 0 Å². The first-order valence-electron chi connectivity index (χ1n) is 10.1. The molecule has 2 aliphatic heterocycles. The van der Waals surface area contributed by atoms with Crippen molar-refractivity contribution in [3.8, 4) is 0 Å². The molecule has 3 heterocycles. The number of fused-ring (bicyclic) bond motifs is 1. The van der Waals surface area contributed by atoms with Crippen LogP contribution in [-0.2, 0) is 17.8 Å². The average molecular weight is 358 g/mol. The highest BCUT2D eigenvalue weighted by Crippen LogP contribution is 2.40. The molecule has 2 fully saturated rings. The molecule has 1 saturated heterocycles. The third-order valence-electron chi connectivity index (χ3n) is 6.47. The number of rotatable bonds is 3. The first kappa shape index (κ1) is 17.7. The molecule has 1 amide bonds. The molecule has 1 saturated carbocycles. The van der Waals surface area contributed by atoms with Gasteiger partial charge in [0.05, 0.1) is 5.69 Å². The maximum Gasteiger partial charge on any atom is 0.254 e. The number of nitrogens with one attached hydrogen (secondary N) is 1. The molecule has 0 radical (unpaired) electrons. The second-order valence-electron chi connectivity index (χ2n) is 8.61. The monoisotopic (exact) mass is 358 g/mol. The van der Waals surface area contributed by atoms with Gasteiger partial charge in [0.1, 0.15) is 5.82 Å².